The summed E-state index contributed by atoms with van der Waals surface area (Å²) in [4.78, 5) is 11.7. The lowest BCUT2D eigenvalue weighted by atomic mass is 10.1. The molecule has 0 radical (unpaired) electrons. The largest absolute Gasteiger partial charge is 0.462 e. The van der Waals surface area contributed by atoms with Crippen LogP contribution in [0.4, 0.5) is 0 Å². The number of aliphatic hydroxyl groups excluding tert-OH is 1. The van der Waals surface area contributed by atoms with E-state index in [0.717, 1.165) is 16.7 Å². The topological polar surface area (TPSA) is 46.5 Å². The maximum atomic E-state index is 11.7. The third-order valence-electron chi connectivity index (χ3n) is 3.29. The molecule has 0 aliphatic rings. The van der Waals surface area contributed by atoms with Crippen LogP contribution in [0.5, 0.6) is 0 Å². The quantitative estimate of drug-likeness (QED) is 0.851. The van der Waals surface area contributed by atoms with E-state index in [1.807, 2.05) is 37.3 Å². The molecule has 0 aliphatic heterocycles. The number of hydrogen-bond acceptors (Lipinski definition) is 3. The highest BCUT2D eigenvalue weighted by Crippen LogP contribution is 2.17. The predicted octanol–water partition coefficient (Wildman–Crippen LogP) is 3.92. The lowest BCUT2D eigenvalue weighted by molar-refractivity contribution is 0.0526. The molecule has 114 valence electrons. The van der Waals surface area contributed by atoms with E-state index in [9.17, 15) is 9.90 Å². The first kappa shape index (κ1) is 16.0. The normalized spacial score (nSPS) is 12.3. The molecule has 0 aromatic heterocycles. The van der Waals surface area contributed by atoms with Gasteiger partial charge in [-0.3, -0.25) is 0 Å². The molecular formula is C19H20O3. The van der Waals surface area contributed by atoms with E-state index in [2.05, 4.69) is 0 Å². The smallest absolute Gasteiger partial charge is 0.338 e. The number of rotatable bonds is 5. The van der Waals surface area contributed by atoms with E-state index >= 15 is 0 Å². The molecule has 3 heteroatoms. The highest BCUT2D eigenvalue weighted by atomic mass is 16.5. The van der Waals surface area contributed by atoms with Crippen molar-refractivity contribution >= 4 is 12.0 Å². The van der Waals surface area contributed by atoms with Crippen LogP contribution >= 0.6 is 0 Å². The van der Waals surface area contributed by atoms with Crippen molar-refractivity contribution in [2.45, 2.75) is 20.0 Å². The van der Waals surface area contributed by atoms with Crippen LogP contribution in [0.15, 0.2) is 54.6 Å². The molecule has 22 heavy (non-hydrogen) atoms. The predicted molar refractivity (Wildman–Crippen MR) is 87.6 cm³/mol. The third-order valence-corrected chi connectivity index (χ3v) is 3.29. The second-order valence-corrected chi connectivity index (χ2v) is 5.06. The number of aliphatic hydroxyl groups is 1. The summed E-state index contributed by atoms with van der Waals surface area (Å²) in [5, 5.41) is 10.2. The minimum absolute atomic E-state index is 0.336. The Bertz CT molecular complexity index is 657. The number of carbonyl (C=O) groups excluding carboxylic acids is 1. The number of benzene rings is 2. The van der Waals surface area contributed by atoms with Crippen molar-refractivity contribution in [3.05, 3.63) is 76.9 Å². The van der Waals surface area contributed by atoms with E-state index in [4.69, 9.17) is 4.74 Å². The van der Waals surface area contributed by atoms with E-state index < -0.39 is 6.10 Å². The molecule has 1 atom stereocenters. The van der Waals surface area contributed by atoms with Crippen LogP contribution in [-0.4, -0.2) is 17.7 Å². The molecule has 0 aliphatic carbocycles. The summed E-state index contributed by atoms with van der Waals surface area (Å²) in [5.41, 5.74) is 3.34. The molecule has 0 heterocycles. The molecule has 1 unspecified atom stereocenters. The van der Waals surface area contributed by atoms with Crippen LogP contribution in [0.3, 0.4) is 0 Å². The van der Waals surface area contributed by atoms with Crippen molar-refractivity contribution in [2.75, 3.05) is 6.61 Å². The van der Waals surface area contributed by atoms with Gasteiger partial charge in [0.2, 0.25) is 0 Å². The first-order chi connectivity index (χ1) is 10.6. The van der Waals surface area contributed by atoms with Gasteiger partial charge >= 0.3 is 5.97 Å². The first-order valence-electron chi connectivity index (χ1n) is 7.30. The van der Waals surface area contributed by atoms with Gasteiger partial charge in [0.1, 0.15) is 0 Å². The maximum Gasteiger partial charge on any atom is 0.338 e. The Morgan fingerprint density at radius 3 is 2.64 bits per heavy atom. The van der Waals surface area contributed by atoms with Crippen molar-refractivity contribution in [1.82, 2.24) is 0 Å². The Hall–Kier alpha value is -2.39. The lowest BCUT2D eigenvalue weighted by Crippen LogP contribution is -2.04. The third kappa shape index (κ3) is 4.30. The van der Waals surface area contributed by atoms with E-state index in [-0.39, 0.29) is 5.97 Å². The van der Waals surface area contributed by atoms with Crippen molar-refractivity contribution in [1.29, 1.82) is 0 Å². The average molecular weight is 296 g/mol. The number of aryl methyl sites for hydroxylation is 1. The van der Waals surface area contributed by atoms with Crippen LogP contribution in [0.2, 0.25) is 0 Å². The maximum absolute atomic E-state index is 11.7. The van der Waals surface area contributed by atoms with Crippen molar-refractivity contribution < 1.29 is 14.6 Å². The fraction of sp³-hybridized carbons (Fsp3) is 0.211. The lowest BCUT2D eigenvalue weighted by Gasteiger charge is -2.06. The zero-order chi connectivity index (χ0) is 15.9. The summed E-state index contributed by atoms with van der Waals surface area (Å²) >= 11 is 0. The molecule has 0 amide bonds. The standard InChI is InChI=1S/C19H20O3/c1-3-22-19(21)17-6-4-5-15(13-17)9-12-18(20)16-10-7-14(2)8-11-16/h4-13,18,20H,3H2,1-2H3/b12-9+. The SMILES string of the molecule is CCOC(=O)c1cccc(/C=C/C(O)c2ccc(C)cc2)c1. The van der Waals surface area contributed by atoms with Crippen LogP contribution in [-0.2, 0) is 4.74 Å². The number of hydrogen-bond donors (Lipinski definition) is 1. The van der Waals surface area contributed by atoms with Crippen LogP contribution in [0.25, 0.3) is 6.08 Å². The highest BCUT2D eigenvalue weighted by molar-refractivity contribution is 5.90. The van der Waals surface area contributed by atoms with Gasteiger partial charge in [-0.25, -0.2) is 4.79 Å². The van der Waals surface area contributed by atoms with Crippen LogP contribution < -0.4 is 0 Å². The summed E-state index contributed by atoms with van der Waals surface area (Å²) in [6, 6.07) is 14.9. The summed E-state index contributed by atoms with van der Waals surface area (Å²) in [6.07, 6.45) is 2.83. The van der Waals surface area contributed by atoms with Gasteiger partial charge in [-0.1, -0.05) is 54.1 Å². The Kier molecular flexibility index (Phi) is 5.50. The van der Waals surface area contributed by atoms with Crippen LogP contribution in [0, 0.1) is 6.92 Å². The molecule has 3 nitrogen and oxygen atoms in total. The molecule has 0 bridgehead atoms. The number of ether oxygens (including phenoxy) is 1. The van der Waals surface area contributed by atoms with Gasteiger partial charge < -0.3 is 9.84 Å². The zero-order valence-corrected chi connectivity index (χ0v) is 12.8. The van der Waals surface area contributed by atoms with Gasteiger partial charge in [0.15, 0.2) is 0 Å². The summed E-state index contributed by atoms with van der Waals surface area (Å²) in [5.74, 6) is -0.336. The zero-order valence-electron chi connectivity index (χ0n) is 12.8. The number of carbonyl (C=O) groups is 1. The van der Waals surface area contributed by atoms with Gasteiger partial charge in [0, 0.05) is 0 Å². The molecular weight excluding hydrogens is 276 g/mol. The fourth-order valence-electron chi connectivity index (χ4n) is 2.06. The van der Waals surface area contributed by atoms with Gasteiger partial charge in [-0.2, -0.15) is 0 Å². The first-order valence-corrected chi connectivity index (χ1v) is 7.30. The molecule has 2 aromatic rings. The van der Waals surface area contributed by atoms with Gasteiger partial charge in [0.05, 0.1) is 18.3 Å². The monoisotopic (exact) mass is 296 g/mol. The molecule has 2 aromatic carbocycles. The Labute approximate surface area is 130 Å². The Balaban J connectivity index is 2.11. The molecule has 0 saturated carbocycles. The van der Waals surface area contributed by atoms with E-state index in [1.54, 1.807) is 37.3 Å². The minimum Gasteiger partial charge on any atom is -0.462 e. The molecule has 0 saturated heterocycles. The van der Waals surface area contributed by atoms with Gasteiger partial charge in [0.25, 0.3) is 0 Å². The van der Waals surface area contributed by atoms with Gasteiger partial charge in [-0.15, -0.1) is 0 Å². The van der Waals surface area contributed by atoms with E-state index in [0.29, 0.717) is 12.2 Å². The second kappa shape index (κ2) is 7.57. The fourth-order valence-corrected chi connectivity index (χ4v) is 2.06. The highest BCUT2D eigenvalue weighted by Gasteiger charge is 2.06. The molecule has 2 rings (SSSR count). The summed E-state index contributed by atoms with van der Waals surface area (Å²) in [7, 11) is 0. The Morgan fingerprint density at radius 2 is 1.95 bits per heavy atom. The Morgan fingerprint density at radius 1 is 1.23 bits per heavy atom. The molecule has 0 spiro atoms. The number of esters is 1. The van der Waals surface area contributed by atoms with Crippen molar-refractivity contribution in [2.24, 2.45) is 0 Å². The van der Waals surface area contributed by atoms with Crippen LogP contribution in [0.1, 0.15) is 40.1 Å². The summed E-state index contributed by atoms with van der Waals surface area (Å²) in [6.45, 7) is 4.14. The minimum atomic E-state index is -0.674. The molecule has 1 N–H and O–H groups in total. The second-order valence-electron chi connectivity index (χ2n) is 5.06. The summed E-state index contributed by atoms with van der Waals surface area (Å²) < 4.78 is 4.98. The van der Waals surface area contributed by atoms with Crippen molar-refractivity contribution in [3.63, 3.8) is 0 Å². The average Bonchev–Trinajstić information content (AvgIpc) is 2.54. The van der Waals surface area contributed by atoms with Gasteiger partial charge in [-0.05, 0) is 37.1 Å². The molecule has 0 fully saturated rings. The van der Waals surface area contributed by atoms with E-state index in [1.165, 1.54) is 0 Å². The van der Waals surface area contributed by atoms with Crippen molar-refractivity contribution in [3.8, 4) is 0 Å².